The number of thioether (sulfide) groups is 1. The number of pyridine rings is 1. The van der Waals surface area contributed by atoms with Gasteiger partial charge in [0.2, 0.25) is 11.8 Å². The Morgan fingerprint density at radius 3 is 2.82 bits per heavy atom. The Morgan fingerprint density at radius 2 is 2.12 bits per heavy atom. The van der Waals surface area contributed by atoms with Crippen molar-refractivity contribution >= 4 is 80.1 Å². The molecular formula is C23H30N4O4SSr. The van der Waals surface area contributed by atoms with E-state index < -0.39 is 23.7 Å². The number of cyclic esters (lactones) is 1. The molecule has 3 rings (SSSR count). The molecule has 4 bridgehead atoms. The minimum atomic E-state index is -1.02. The van der Waals surface area contributed by atoms with Gasteiger partial charge in [0.25, 0.3) is 0 Å². The maximum atomic E-state index is 13.1. The summed E-state index contributed by atoms with van der Waals surface area (Å²) >= 11 is 1.44. The molecule has 8 nitrogen and oxygen atoms in total. The third-order valence-corrected chi connectivity index (χ3v) is 6.48. The number of amides is 2. The van der Waals surface area contributed by atoms with Crippen molar-refractivity contribution in [1.82, 2.24) is 15.6 Å². The first-order valence-electron chi connectivity index (χ1n) is 10.6. The van der Waals surface area contributed by atoms with Crippen molar-refractivity contribution in [3.63, 3.8) is 0 Å². The number of aromatic nitrogens is 1. The Balaban J connectivity index is 0.00000289. The number of allylic oxidation sites excluding steroid dienone is 1. The fraction of sp³-hybridized carbons (Fsp3) is 0.478. The molecule has 0 aromatic carbocycles. The zero-order valence-corrected chi connectivity index (χ0v) is 23.6. The molecule has 10 heteroatoms. The predicted octanol–water partition coefficient (Wildman–Crippen LogP) is 1.92. The van der Waals surface area contributed by atoms with E-state index in [-0.39, 0.29) is 77.6 Å². The van der Waals surface area contributed by atoms with Gasteiger partial charge in [0.15, 0.2) is 0 Å². The summed E-state index contributed by atoms with van der Waals surface area (Å²) in [6.07, 6.45) is 3.08. The van der Waals surface area contributed by atoms with Gasteiger partial charge in [0, 0.05) is 5.75 Å². The molecular weight excluding hydrogens is 516 g/mol. The van der Waals surface area contributed by atoms with Crippen molar-refractivity contribution in [2.24, 2.45) is 10.9 Å². The van der Waals surface area contributed by atoms with Gasteiger partial charge in [-0.25, -0.2) is 9.78 Å². The van der Waals surface area contributed by atoms with Crippen LogP contribution in [0.1, 0.15) is 46.4 Å². The van der Waals surface area contributed by atoms with Crippen molar-refractivity contribution in [1.29, 1.82) is 0 Å². The molecule has 3 heterocycles. The average molecular weight is 546 g/mol. The summed E-state index contributed by atoms with van der Waals surface area (Å²) in [5.41, 5.74) is 0.302. The van der Waals surface area contributed by atoms with Crippen molar-refractivity contribution in [3.05, 3.63) is 48.7 Å². The largest absolute Gasteiger partial charge is 2.00 e. The number of carbonyl (C=O) groups is 3. The maximum absolute atomic E-state index is 13.1. The number of nitrogens with zero attached hydrogens (tertiary/aromatic N) is 2. The smallest absolute Gasteiger partial charge is 1.00 e. The SMILES string of the molecule is [CH2-]C/C=C/[C@@H]1CC(=O)NCc2cccc(n2)C2=N[C@@](C)(CS2)C(=O)NC(C(C)C)C(=O)O1.[H-].[Sr+2]. The molecule has 1 aromatic rings. The molecule has 2 aliphatic heterocycles. The van der Waals surface area contributed by atoms with E-state index in [1.54, 1.807) is 19.1 Å². The minimum absolute atomic E-state index is 0. The Labute approximate surface area is 237 Å². The Hall–Kier alpha value is -1.20. The second-order valence-corrected chi connectivity index (χ2v) is 9.33. The van der Waals surface area contributed by atoms with Gasteiger partial charge >= 0.3 is 51.5 Å². The van der Waals surface area contributed by atoms with Crippen LogP contribution in [-0.4, -0.2) is 96.7 Å². The van der Waals surface area contributed by atoms with Crippen LogP contribution in [0, 0.1) is 12.8 Å². The van der Waals surface area contributed by atoms with E-state index in [4.69, 9.17) is 4.74 Å². The van der Waals surface area contributed by atoms with Crippen molar-refractivity contribution < 1.29 is 20.5 Å². The van der Waals surface area contributed by atoms with Crippen LogP contribution in [0.3, 0.4) is 0 Å². The van der Waals surface area contributed by atoms with Crippen molar-refractivity contribution in [2.75, 3.05) is 5.75 Å². The number of hydrogen-bond acceptors (Lipinski definition) is 7. The Morgan fingerprint density at radius 1 is 1.36 bits per heavy atom. The average Bonchev–Trinajstić information content (AvgIpc) is 3.17. The zero-order chi connectivity index (χ0) is 23.3. The minimum Gasteiger partial charge on any atom is -1.00 e. The molecule has 1 aromatic heterocycles. The van der Waals surface area contributed by atoms with Gasteiger partial charge in [-0.2, -0.15) is 6.42 Å². The quantitative estimate of drug-likeness (QED) is 0.260. The summed E-state index contributed by atoms with van der Waals surface area (Å²) in [6, 6.07) is 4.63. The van der Waals surface area contributed by atoms with E-state index in [1.807, 2.05) is 32.0 Å². The molecule has 0 saturated heterocycles. The monoisotopic (exact) mass is 546 g/mol. The molecule has 0 aliphatic carbocycles. The fourth-order valence-electron chi connectivity index (χ4n) is 3.30. The second-order valence-electron chi connectivity index (χ2n) is 8.36. The number of hydrogen-bond donors (Lipinski definition) is 2. The van der Waals surface area contributed by atoms with Gasteiger partial charge < -0.3 is 23.7 Å². The summed E-state index contributed by atoms with van der Waals surface area (Å²) in [5, 5.41) is 6.30. The maximum Gasteiger partial charge on any atom is 2.00 e. The number of rotatable bonds is 3. The van der Waals surface area contributed by atoms with E-state index in [0.29, 0.717) is 28.6 Å². The third-order valence-electron chi connectivity index (χ3n) is 5.20. The number of fused-ring (bicyclic) bond motifs is 4. The molecule has 1 unspecified atom stereocenters. The number of carbonyl (C=O) groups excluding carboxylic acids is 3. The molecule has 0 radical (unpaired) electrons. The van der Waals surface area contributed by atoms with E-state index in [0.717, 1.165) is 0 Å². The fourth-order valence-corrected chi connectivity index (χ4v) is 4.44. The molecule has 0 saturated carbocycles. The first-order chi connectivity index (χ1) is 15.2. The first-order valence-corrected chi connectivity index (χ1v) is 11.6. The van der Waals surface area contributed by atoms with E-state index in [2.05, 4.69) is 27.5 Å². The summed E-state index contributed by atoms with van der Waals surface area (Å²) < 4.78 is 5.62. The van der Waals surface area contributed by atoms with Crippen LogP contribution in [0.5, 0.6) is 0 Å². The Bertz CT molecular complexity index is 959. The molecule has 2 aliphatic rings. The van der Waals surface area contributed by atoms with Gasteiger partial charge in [0.1, 0.15) is 22.7 Å². The van der Waals surface area contributed by atoms with Gasteiger partial charge in [-0.3, -0.25) is 14.6 Å². The van der Waals surface area contributed by atoms with Crippen molar-refractivity contribution in [2.45, 2.75) is 57.8 Å². The zero-order valence-electron chi connectivity index (χ0n) is 20.3. The van der Waals surface area contributed by atoms with Crippen LogP contribution in [0.15, 0.2) is 35.3 Å². The predicted molar refractivity (Wildman–Crippen MR) is 131 cm³/mol. The standard InChI is InChI=1S/C23H29N4O4S.Sr.H/c1-5-6-9-16-11-18(28)24-12-15-8-7-10-17(25-15)20-27-23(4,13-32-20)22(30)26-19(14(2)3)21(29)31-16;;/h6-10,14,16,19H,1,5,11-13H2,2-4H3,(H,24,28)(H,26,30);;/q-1;+2;-1/b9-6+;;/t16-,19?,23+;;/m1../s1. The number of esters is 1. The molecule has 33 heavy (non-hydrogen) atoms. The van der Waals surface area contributed by atoms with E-state index in [9.17, 15) is 14.4 Å². The summed E-state index contributed by atoms with van der Waals surface area (Å²) in [6.45, 7) is 9.38. The van der Waals surface area contributed by atoms with Crippen LogP contribution in [0.2, 0.25) is 0 Å². The molecule has 0 spiro atoms. The van der Waals surface area contributed by atoms with Gasteiger partial charge in [-0.1, -0.05) is 26.0 Å². The van der Waals surface area contributed by atoms with E-state index in [1.165, 1.54) is 11.8 Å². The first kappa shape index (κ1) is 28.0. The normalized spacial score (nSPS) is 26.3. The molecule has 174 valence electrons. The molecule has 2 amide bonds. The topological polar surface area (TPSA) is 110 Å². The summed E-state index contributed by atoms with van der Waals surface area (Å²) in [7, 11) is 0. The van der Waals surface area contributed by atoms with E-state index >= 15 is 0 Å². The van der Waals surface area contributed by atoms with Crippen LogP contribution < -0.4 is 10.6 Å². The third kappa shape index (κ3) is 7.39. The summed E-state index contributed by atoms with van der Waals surface area (Å²) in [5.74, 6) is -0.984. The van der Waals surface area contributed by atoms with Gasteiger partial charge in [0.05, 0.1) is 24.4 Å². The molecule has 0 fully saturated rings. The number of aliphatic imine (C=N–C) groups is 1. The van der Waals surface area contributed by atoms with Crippen LogP contribution in [0.4, 0.5) is 0 Å². The number of ether oxygens (including phenoxy) is 1. The van der Waals surface area contributed by atoms with Crippen LogP contribution >= 0.6 is 11.8 Å². The second kappa shape index (κ2) is 12.5. The molecule has 2 N–H and O–H groups in total. The Kier molecular flexibility index (Phi) is 10.6. The summed E-state index contributed by atoms with van der Waals surface area (Å²) in [4.78, 5) is 47.8. The molecule has 3 atom stereocenters. The number of nitrogens with one attached hydrogen (secondary N) is 2. The van der Waals surface area contributed by atoms with Crippen molar-refractivity contribution in [3.8, 4) is 0 Å². The van der Waals surface area contributed by atoms with Gasteiger partial charge in [-0.05, 0) is 25.0 Å². The van der Waals surface area contributed by atoms with Crippen LogP contribution in [0.25, 0.3) is 0 Å². The van der Waals surface area contributed by atoms with Gasteiger partial charge in [-0.15, -0.1) is 17.8 Å². The van der Waals surface area contributed by atoms with Crippen LogP contribution in [-0.2, 0) is 25.7 Å².